The molecule has 7 heteroatoms. The Morgan fingerprint density at radius 3 is 0.988 bits per heavy atom. The predicted octanol–water partition coefficient (Wildman–Crippen LogP) is 18.9. The standard InChI is InChI=1S/C75H47N7/c1-4-24-48(25-5-1)73-76-74(49-26-6-2-7-27-49)78-75(77-73)60-47-69(80-62-38-18-10-30-52(62)53-31-11-19-39-63(53)80)71(81-64-40-20-12-32-54(64)55-33-13-21-41-65(55)81)72(82-66-42-22-14-34-56(66)57-35-15-23-43-67(57)82)70(60)50-44-45-68-59(46-50)58-36-16-17-37-61(58)79(68)51-28-8-3-9-29-51/h1-47H. The molecule has 0 aliphatic rings. The van der Waals surface area contributed by atoms with Crippen LogP contribution >= 0.6 is 0 Å². The largest absolute Gasteiger partial charge is 0.309 e. The van der Waals surface area contributed by atoms with E-state index in [-0.39, 0.29) is 0 Å². The Morgan fingerprint density at radius 1 is 0.220 bits per heavy atom. The number of aromatic nitrogens is 7. The van der Waals surface area contributed by atoms with Crippen LogP contribution in [-0.2, 0) is 0 Å². The summed E-state index contributed by atoms with van der Waals surface area (Å²) in [5, 5.41) is 9.25. The van der Waals surface area contributed by atoms with Gasteiger partial charge in [0.15, 0.2) is 17.5 Å². The van der Waals surface area contributed by atoms with E-state index in [9.17, 15) is 0 Å². The molecule has 0 spiro atoms. The van der Waals surface area contributed by atoms with Gasteiger partial charge < -0.3 is 18.3 Å². The molecule has 17 aromatic rings. The summed E-state index contributed by atoms with van der Waals surface area (Å²) >= 11 is 0. The van der Waals surface area contributed by atoms with Gasteiger partial charge in [-0.3, -0.25) is 0 Å². The second kappa shape index (κ2) is 18.2. The number of para-hydroxylation sites is 8. The Hall–Kier alpha value is -11.2. The zero-order chi connectivity index (χ0) is 53.8. The van der Waals surface area contributed by atoms with E-state index in [0.717, 1.165) is 138 Å². The first-order valence-corrected chi connectivity index (χ1v) is 27.9. The van der Waals surface area contributed by atoms with Crippen LogP contribution in [0.5, 0.6) is 0 Å². The summed E-state index contributed by atoms with van der Waals surface area (Å²) in [7, 11) is 0. The van der Waals surface area contributed by atoms with Crippen LogP contribution in [-0.4, -0.2) is 33.2 Å². The molecule has 0 fully saturated rings. The first kappa shape index (κ1) is 45.8. The highest BCUT2D eigenvalue weighted by Gasteiger charge is 2.32. The van der Waals surface area contributed by atoms with Crippen LogP contribution in [0, 0.1) is 0 Å². The fourth-order valence-electron chi connectivity index (χ4n) is 13.1. The summed E-state index contributed by atoms with van der Waals surface area (Å²) in [6.07, 6.45) is 0. The molecule has 0 N–H and O–H groups in total. The van der Waals surface area contributed by atoms with Gasteiger partial charge in [-0.2, -0.15) is 0 Å². The third kappa shape index (κ3) is 6.87. The maximum atomic E-state index is 5.68. The van der Waals surface area contributed by atoms with Crippen molar-refractivity contribution in [1.82, 2.24) is 33.2 Å². The molecular formula is C75H47N7. The van der Waals surface area contributed by atoms with Crippen LogP contribution in [0.2, 0.25) is 0 Å². The number of fused-ring (bicyclic) bond motifs is 12. The lowest BCUT2D eigenvalue weighted by Gasteiger charge is -2.27. The summed E-state index contributed by atoms with van der Waals surface area (Å²) in [6, 6.07) is 103. The topological polar surface area (TPSA) is 58.4 Å². The summed E-state index contributed by atoms with van der Waals surface area (Å²) in [5.41, 5.74) is 17.4. The molecule has 0 aliphatic carbocycles. The molecule has 0 aliphatic heterocycles. The van der Waals surface area contributed by atoms with Gasteiger partial charge in [0.1, 0.15) is 0 Å². The van der Waals surface area contributed by atoms with E-state index < -0.39 is 0 Å². The van der Waals surface area contributed by atoms with Crippen molar-refractivity contribution >= 4 is 87.2 Å². The Kier molecular flexibility index (Phi) is 10.2. The van der Waals surface area contributed by atoms with Gasteiger partial charge in [-0.25, -0.2) is 15.0 Å². The number of benzene rings is 12. The summed E-state index contributed by atoms with van der Waals surface area (Å²) in [5.74, 6) is 1.72. The number of hydrogen-bond donors (Lipinski definition) is 0. The van der Waals surface area contributed by atoms with Gasteiger partial charge in [0.05, 0.1) is 61.2 Å². The second-order valence-corrected chi connectivity index (χ2v) is 21.1. The third-order valence-corrected chi connectivity index (χ3v) is 16.6. The molecule has 12 aromatic carbocycles. The second-order valence-electron chi connectivity index (χ2n) is 21.1. The van der Waals surface area contributed by atoms with Gasteiger partial charge in [0.2, 0.25) is 0 Å². The van der Waals surface area contributed by atoms with Crippen LogP contribution in [0.1, 0.15) is 0 Å². The minimum absolute atomic E-state index is 0.548. The Labute approximate surface area is 471 Å². The predicted molar refractivity (Wildman–Crippen MR) is 339 cm³/mol. The molecule has 17 rings (SSSR count). The minimum atomic E-state index is 0.548. The van der Waals surface area contributed by atoms with Crippen molar-refractivity contribution in [3.8, 4) is 68.0 Å². The first-order valence-electron chi connectivity index (χ1n) is 27.9. The molecule has 5 aromatic heterocycles. The van der Waals surface area contributed by atoms with Crippen molar-refractivity contribution in [2.75, 3.05) is 0 Å². The van der Waals surface area contributed by atoms with Crippen molar-refractivity contribution in [2.45, 2.75) is 0 Å². The van der Waals surface area contributed by atoms with Crippen LogP contribution < -0.4 is 0 Å². The molecule has 0 atom stereocenters. The lowest BCUT2D eigenvalue weighted by atomic mass is 9.92. The quantitative estimate of drug-likeness (QED) is 0.152. The lowest BCUT2D eigenvalue weighted by Crippen LogP contribution is -2.13. The van der Waals surface area contributed by atoms with Crippen LogP contribution in [0.25, 0.3) is 155 Å². The maximum absolute atomic E-state index is 5.68. The SMILES string of the molecule is c1ccc(-c2nc(-c3ccccc3)nc(-c3cc(-n4c5ccccc5c5ccccc54)c(-n4c5ccccc5c5ccccc54)c(-n4c5ccccc5c5ccccc54)c3-c3ccc4c(c3)c3ccccc3n4-c3ccccc3)n2)cc1. The fraction of sp³-hybridized carbons (Fsp3) is 0. The average Bonchev–Trinajstić information content (AvgIpc) is 2.35. The van der Waals surface area contributed by atoms with Crippen LogP contribution in [0.15, 0.2) is 285 Å². The normalized spacial score (nSPS) is 11.9. The van der Waals surface area contributed by atoms with E-state index in [1.165, 1.54) is 0 Å². The lowest BCUT2D eigenvalue weighted by molar-refractivity contribution is 1.04. The smallest absolute Gasteiger partial charge is 0.164 e. The third-order valence-electron chi connectivity index (χ3n) is 16.6. The molecule has 0 bridgehead atoms. The van der Waals surface area contributed by atoms with Crippen LogP contribution in [0.4, 0.5) is 0 Å². The Morgan fingerprint density at radius 2 is 0.549 bits per heavy atom. The van der Waals surface area contributed by atoms with Gasteiger partial charge in [0, 0.05) is 71.0 Å². The molecule has 0 unspecified atom stereocenters. The van der Waals surface area contributed by atoms with E-state index in [2.05, 4.69) is 291 Å². The zero-order valence-electron chi connectivity index (χ0n) is 44.3. The molecule has 5 heterocycles. The zero-order valence-corrected chi connectivity index (χ0v) is 44.3. The van der Waals surface area contributed by atoms with Gasteiger partial charge >= 0.3 is 0 Å². The summed E-state index contributed by atoms with van der Waals surface area (Å²) < 4.78 is 9.95. The van der Waals surface area contributed by atoms with E-state index in [4.69, 9.17) is 15.0 Å². The molecule has 82 heavy (non-hydrogen) atoms. The molecule has 0 radical (unpaired) electrons. The highest BCUT2D eigenvalue weighted by Crippen LogP contribution is 2.51. The first-order chi connectivity index (χ1) is 40.7. The average molecular weight is 1050 g/mol. The molecule has 0 saturated carbocycles. The van der Waals surface area contributed by atoms with E-state index in [1.807, 2.05) is 12.1 Å². The molecule has 7 nitrogen and oxygen atoms in total. The molecule has 0 saturated heterocycles. The Bertz CT molecular complexity index is 5180. The van der Waals surface area contributed by atoms with Crippen molar-refractivity contribution in [2.24, 2.45) is 0 Å². The Balaban J connectivity index is 1.15. The van der Waals surface area contributed by atoms with Crippen molar-refractivity contribution in [3.05, 3.63) is 285 Å². The van der Waals surface area contributed by atoms with Crippen molar-refractivity contribution < 1.29 is 0 Å². The van der Waals surface area contributed by atoms with E-state index in [0.29, 0.717) is 17.5 Å². The van der Waals surface area contributed by atoms with Crippen LogP contribution in [0.3, 0.4) is 0 Å². The van der Waals surface area contributed by atoms with Gasteiger partial charge in [-0.1, -0.05) is 212 Å². The number of rotatable bonds is 8. The highest BCUT2D eigenvalue weighted by atomic mass is 15.1. The summed E-state index contributed by atoms with van der Waals surface area (Å²) in [4.78, 5) is 16.7. The monoisotopic (exact) mass is 1050 g/mol. The summed E-state index contributed by atoms with van der Waals surface area (Å²) in [6.45, 7) is 0. The molecule has 0 amide bonds. The van der Waals surface area contributed by atoms with Crippen molar-refractivity contribution in [1.29, 1.82) is 0 Å². The maximum Gasteiger partial charge on any atom is 0.164 e. The molecular weight excluding hydrogens is 999 g/mol. The number of nitrogens with zero attached hydrogens (tertiary/aromatic N) is 7. The molecule has 382 valence electrons. The van der Waals surface area contributed by atoms with Gasteiger partial charge in [-0.15, -0.1) is 0 Å². The number of hydrogen-bond acceptors (Lipinski definition) is 3. The van der Waals surface area contributed by atoms with E-state index in [1.54, 1.807) is 0 Å². The van der Waals surface area contributed by atoms with Gasteiger partial charge in [-0.05, 0) is 78.4 Å². The minimum Gasteiger partial charge on any atom is -0.309 e. The van der Waals surface area contributed by atoms with Gasteiger partial charge in [0.25, 0.3) is 0 Å². The van der Waals surface area contributed by atoms with Crippen molar-refractivity contribution in [3.63, 3.8) is 0 Å². The fourth-order valence-corrected chi connectivity index (χ4v) is 13.1. The highest BCUT2D eigenvalue weighted by molar-refractivity contribution is 6.17. The van der Waals surface area contributed by atoms with E-state index >= 15 is 0 Å².